The third-order valence-corrected chi connectivity index (χ3v) is 4.87. The van der Waals surface area contributed by atoms with Gasteiger partial charge in [-0.2, -0.15) is 0 Å². The van der Waals surface area contributed by atoms with Gasteiger partial charge in [0.25, 0.3) is 0 Å². The molecular formula is C20H24F2N4O2. The molecule has 8 heteroatoms. The van der Waals surface area contributed by atoms with E-state index < -0.39 is 11.6 Å². The van der Waals surface area contributed by atoms with Crippen molar-refractivity contribution in [2.75, 3.05) is 31.1 Å². The van der Waals surface area contributed by atoms with Gasteiger partial charge in [0.15, 0.2) is 11.6 Å². The number of aryl methyl sites for hydroxylation is 1. The number of carbonyl (C=O) groups is 1. The molecule has 0 spiro atoms. The van der Waals surface area contributed by atoms with E-state index in [-0.39, 0.29) is 17.5 Å². The van der Waals surface area contributed by atoms with Crippen LogP contribution in [0, 0.1) is 17.6 Å². The van der Waals surface area contributed by atoms with E-state index in [0.29, 0.717) is 38.3 Å². The summed E-state index contributed by atoms with van der Waals surface area (Å²) in [6.45, 7) is 2.96. The molecule has 1 aromatic carbocycles. The molecule has 6 nitrogen and oxygen atoms in total. The van der Waals surface area contributed by atoms with Crippen molar-refractivity contribution in [1.82, 2.24) is 15.2 Å². The Labute approximate surface area is 162 Å². The van der Waals surface area contributed by atoms with Crippen molar-refractivity contribution in [3.8, 4) is 0 Å². The number of hydrogen-bond acceptors (Lipinski definition) is 3. The van der Waals surface area contributed by atoms with Crippen LogP contribution in [0.15, 0.2) is 47.4 Å². The van der Waals surface area contributed by atoms with Crippen molar-refractivity contribution < 1.29 is 13.6 Å². The van der Waals surface area contributed by atoms with Gasteiger partial charge < -0.3 is 20.1 Å². The van der Waals surface area contributed by atoms with Crippen molar-refractivity contribution in [3.63, 3.8) is 0 Å². The Bertz CT molecular complexity index is 871. The second-order valence-electron chi connectivity index (χ2n) is 6.92. The minimum Gasteiger partial charge on any atom is -0.371 e. The number of hydrogen-bond donors (Lipinski definition) is 2. The van der Waals surface area contributed by atoms with Crippen molar-refractivity contribution in [1.29, 1.82) is 0 Å². The predicted octanol–water partition coefficient (Wildman–Crippen LogP) is 2.34. The van der Waals surface area contributed by atoms with Gasteiger partial charge in [-0.1, -0.05) is 6.07 Å². The van der Waals surface area contributed by atoms with Gasteiger partial charge in [0.1, 0.15) is 0 Å². The number of halogens is 2. The van der Waals surface area contributed by atoms with E-state index in [1.807, 2.05) is 4.90 Å². The minimum absolute atomic E-state index is 0.0567. The van der Waals surface area contributed by atoms with Gasteiger partial charge in [-0.3, -0.25) is 4.79 Å². The Balaban J connectivity index is 1.34. The second kappa shape index (κ2) is 9.34. The molecule has 28 heavy (non-hydrogen) atoms. The highest BCUT2D eigenvalue weighted by Crippen LogP contribution is 2.24. The summed E-state index contributed by atoms with van der Waals surface area (Å²) in [5, 5.41) is 5.63. The fourth-order valence-electron chi connectivity index (χ4n) is 3.31. The van der Waals surface area contributed by atoms with Gasteiger partial charge >= 0.3 is 6.03 Å². The average molecular weight is 390 g/mol. The minimum atomic E-state index is -0.852. The smallest absolute Gasteiger partial charge is 0.314 e. The number of nitrogens with one attached hydrogen (secondary N) is 2. The van der Waals surface area contributed by atoms with Crippen LogP contribution in [-0.2, 0) is 6.54 Å². The molecule has 0 saturated carbocycles. The predicted molar refractivity (Wildman–Crippen MR) is 103 cm³/mol. The van der Waals surface area contributed by atoms with Crippen molar-refractivity contribution in [2.24, 2.45) is 5.92 Å². The van der Waals surface area contributed by atoms with Crippen LogP contribution >= 0.6 is 0 Å². The Kier molecular flexibility index (Phi) is 6.62. The Morgan fingerprint density at radius 1 is 1.14 bits per heavy atom. The SMILES string of the molecule is O=C(NCCCn1ccccc1=O)NCC1CCN(c2ccc(F)c(F)c2)C1. The lowest BCUT2D eigenvalue weighted by atomic mass is 10.1. The van der Waals surface area contributed by atoms with Crippen LogP contribution in [0.2, 0.25) is 0 Å². The van der Waals surface area contributed by atoms with Gasteiger partial charge in [0.2, 0.25) is 5.56 Å². The van der Waals surface area contributed by atoms with Crippen molar-refractivity contribution >= 4 is 11.7 Å². The van der Waals surface area contributed by atoms with Crippen LogP contribution in [0.5, 0.6) is 0 Å². The van der Waals surface area contributed by atoms with Crippen LogP contribution in [0.3, 0.4) is 0 Å². The van der Waals surface area contributed by atoms with E-state index >= 15 is 0 Å². The number of pyridine rings is 1. The summed E-state index contributed by atoms with van der Waals surface area (Å²) in [7, 11) is 0. The monoisotopic (exact) mass is 390 g/mol. The van der Waals surface area contributed by atoms with Gasteiger partial charge in [-0.05, 0) is 37.0 Å². The zero-order chi connectivity index (χ0) is 19.9. The molecule has 0 aliphatic carbocycles. The number of aromatic nitrogens is 1. The summed E-state index contributed by atoms with van der Waals surface area (Å²) >= 11 is 0. The molecule has 1 aliphatic heterocycles. The molecular weight excluding hydrogens is 366 g/mol. The first-order valence-electron chi connectivity index (χ1n) is 9.40. The van der Waals surface area contributed by atoms with E-state index in [1.165, 1.54) is 12.1 Å². The number of anilines is 1. The van der Waals surface area contributed by atoms with E-state index in [0.717, 1.165) is 19.0 Å². The summed E-state index contributed by atoms with van der Waals surface area (Å²) in [5.41, 5.74) is 0.598. The Hall–Kier alpha value is -2.90. The maximum absolute atomic E-state index is 13.4. The summed E-state index contributed by atoms with van der Waals surface area (Å²) in [4.78, 5) is 25.5. The fourth-order valence-corrected chi connectivity index (χ4v) is 3.31. The Morgan fingerprint density at radius 3 is 2.79 bits per heavy atom. The summed E-state index contributed by atoms with van der Waals surface area (Å²) in [6, 6.07) is 8.66. The van der Waals surface area contributed by atoms with Crippen LogP contribution < -0.4 is 21.1 Å². The van der Waals surface area contributed by atoms with Crippen LogP contribution in [0.4, 0.5) is 19.3 Å². The third-order valence-electron chi connectivity index (χ3n) is 4.87. The summed E-state index contributed by atoms with van der Waals surface area (Å²) < 4.78 is 28.0. The van der Waals surface area contributed by atoms with Crippen molar-refractivity contribution in [3.05, 3.63) is 64.6 Å². The number of nitrogens with zero attached hydrogens (tertiary/aromatic N) is 2. The number of benzene rings is 1. The summed E-state index contributed by atoms with van der Waals surface area (Å²) in [6.07, 6.45) is 3.25. The first-order chi connectivity index (χ1) is 13.5. The molecule has 0 radical (unpaired) electrons. The van der Waals surface area contributed by atoms with Crippen LogP contribution in [0.1, 0.15) is 12.8 Å². The molecule has 0 bridgehead atoms. The quantitative estimate of drug-likeness (QED) is 0.714. The topological polar surface area (TPSA) is 66.4 Å². The third kappa shape index (κ3) is 5.31. The largest absolute Gasteiger partial charge is 0.371 e. The van der Waals surface area contributed by atoms with Crippen LogP contribution in [0.25, 0.3) is 0 Å². The molecule has 1 aliphatic rings. The normalized spacial score (nSPS) is 16.2. The number of amides is 2. The molecule has 150 valence electrons. The fraction of sp³-hybridized carbons (Fsp3) is 0.400. The molecule has 2 heterocycles. The van der Waals surface area contributed by atoms with E-state index in [9.17, 15) is 18.4 Å². The van der Waals surface area contributed by atoms with E-state index in [1.54, 1.807) is 29.0 Å². The zero-order valence-electron chi connectivity index (χ0n) is 15.5. The van der Waals surface area contributed by atoms with Gasteiger partial charge in [0.05, 0.1) is 0 Å². The molecule has 1 atom stereocenters. The molecule has 3 rings (SSSR count). The molecule has 2 amide bonds. The molecule has 1 fully saturated rings. The second-order valence-corrected chi connectivity index (χ2v) is 6.92. The molecule has 2 N–H and O–H groups in total. The number of carbonyl (C=O) groups excluding carboxylic acids is 1. The van der Waals surface area contributed by atoms with Gasteiger partial charge in [-0.15, -0.1) is 0 Å². The van der Waals surface area contributed by atoms with E-state index in [2.05, 4.69) is 10.6 Å². The van der Waals surface area contributed by atoms with E-state index in [4.69, 9.17) is 0 Å². The molecule has 1 unspecified atom stereocenters. The summed E-state index contributed by atoms with van der Waals surface area (Å²) in [5.74, 6) is -1.45. The highest BCUT2D eigenvalue weighted by Gasteiger charge is 2.23. The maximum Gasteiger partial charge on any atom is 0.314 e. The van der Waals surface area contributed by atoms with Crippen LogP contribution in [-0.4, -0.2) is 36.8 Å². The molecule has 1 saturated heterocycles. The average Bonchev–Trinajstić information content (AvgIpc) is 3.16. The number of urea groups is 1. The highest BCUT2D eigenvalue weighted by atomic mass is 19.2. The van der Waals surface area contributed by atoms with Gasteiger partial charge in [0, 0.05) is 56.7 Å². The standard InChI is InChI=1S/C20H24F2N4O2/c21-17-6-5-16(12-18(17)22)26-11-7-15(14-26)13-24-20(28)23-8-3-10-25-9-2-1-4-19(25)27/h1-2,4-6,9,12,15H,3,7-8,10-11,13-14H2,(H2,23,24,28). The maximum atomic E-state index is 13.4. The lowest BCUT2D eigenvalue weighted by Crippen LogP contribution is -2.39. The highest BCUT2D eigenvalue weighted by molar-refractivity contribution is 5.73. The lowest BCUT2D eigenvalue weighted by Gasteiger charge is -2.19. The first kappa shape index (κ1) is 19.9. The van der Waals surface area contributed by atoms with Crippen molar-refractivity contribution in [2.45, 2.75) is 19.4 Å². The number of rotatable bonds is 7. The Morgan fingerprint density at radius 2 is 2.00 bits per heavy atom. The zero-order valence-corrected chi connectivity index (χ0v) is 15.5. The first-order valence-corrected chi connectivity index (χ1v) is 9.40. The lowest BCUT2D eigenvalue weighted by molar-refractivity contribution is 0.239. The molecule has 2 aromatic rings. The molecule has 1 aromatic heterocycles. The van der Waals surface area contributed by atoms with Gasteiger partial charge in [-0.25, -0.2) is 13.6 Å².